The van der Waals surface area contributed by atoms with E-state index in [-0.39, 0.29) is 19.0 Å². The number of piperidine rings is 1. The van der Waals surface area contributed by atoms with E-state index in [9.17, 15) is 15.0 Å². The second kappa shape index (κ2) is 9.01. The Kier molecular flexibility index (Phi) is 6.67. The second-order valence-electron chi connectivity index (χ2n) is 7.45. The van der Waals surface area contributed by atoms with E-state index >= 15 is 0 Å². The Morgan fingerprint density at radius 1 is 1.32 bits per heavy atom. The number of halogens is 1. The summed E-state index contributed by atoms with van der Waals surface area (Å²) in [4.78, 5) is 20.6. The minimum atomic E-state index is -1.38. The Bertz CT molecular complexity index is 787. The molecule has 0 unspecified atom stereocenters. The van der Waals surface area contributed by atoms with Gasteiger partial charge in [0.1, 0.15) is 5.60 Å². The Morgan fingerprint density at radius 2 is 2.07 bits per heavy atom. The molecule has 2 atom stereocenters. The maximum Gasteiger partial charge on any atom is 0.253 e. The molecule has 0 radical (unpaired) electrons. The maximum absolute atomic E-state index is 12.8. The molecule has 1 aromatic carbocycles. The summed E-state index contributed by atoms with van der Waals surface area (Å²) in [6.45, 7) is 1.45. The molecule has 150 valence electrons. The quantitative estimate of drug-likeness (QED) is 0.769. The topological polar surface area (TPSA) is 76.9 Å². The summed E-state index contributed by atoms with van der Waals surface area (Å²) in [6.07, 6.45) is 1.97. The molecule has 1 saturated heterocycles. The van der Waals surface area contributed by atoms with Crippen molar-refractivity contribution in [2.45, 2.75) is 24.5 Å². The molecule has 2 N–H and O–H groups in total. The van der Waals surface area contributed by atoms with Gasteiger partial charge in [0.2, 0.25) is 0 Å². The standard InChI is InChI=1S/C21H26ClN3O3/c1-24(12-9-18-4-2-3-11-23-18)14-21(28)15-25(13-10-19(21)26)20(27)16-5-7-17(22)8-6-16/h2-8,11,19,26,28H,9-10,12-15H2,1H3/t19-,21+/m0/s1. The van der Waals surface area contributed by atoms with Crippen LogP contribution >= 0.6 is 11.6 Å². The van der Waals surface area contributed by atoms with Crippen LogP contribution in [0.3, 0.4) is 0 Å². The van der Waals surface area contributed by atoms with Gasteiger partial charge in [-0.15, -0.1) is 0 Å². The number of benzene rings is 1. The molecule has 2 aromatic rings. The molecule has 0 spiro atoms. The smallest absolute Gasteiger partial charge is 0.253 e. The van der Waals surface area contributed by atoms with Crippen molar-refractivity contribution in [1.82, 2.24) is 14.8 Å². The molecule has 3 rings (SSSR count). The van der Waals surface area contributed by atoms with E-state index in [0.717, 1.165) is 12.1 Å². The average molecular weight is 404 g/mol. The molecule has 0 bridgehead atoms. The van der Waals surface area contributed by atoms with Gasteiger partial charge in [-0.25, -0.2) is 0 Å². The summed E-state index contributed by atoms with van der Waals surface area (Å²) in [7, 11) is 1.90. The first kappa shape index (κ1) is 20.7. The van der Waals surface area contributed by atoms with Crippen molar-refractivity contribution in [3.05, 3.63) is 64.9 Å². The fourth-order valence-corrected chi connectivity index (χ4v) is 3.69. The molecule has 1 aromatic heterocycles. The fraction of sp³-hybridized carbons (Fsp3) is 0.429. The van der Waals surface area contributed by atoms with Gasteiger partial charge >= 0.3 is 0 Å². The number of hydrogen-bond donors (Lipinski definition) is 2. The number of aromatic nitrogens is 1. The largest absolute Gasteiger partial charge is 0.390 e. The summed E-state index contributed by atoms with van der Waals surface area (Å²) < 4.78 is 0. The Morgan fingerprint density at radius 3 is 2.75 bits per heavy atom. The van der Waals surface area contributed by atoms with Crippen molar-refractivity contribution in [2.75, 3.05) is 33.2 Å². The molecule has 7 heteroatoms. The monoisotopic (exact) mass is 403 g/mol. The highest BCUT2D eigenvalue weighted by atomic mass is 35.5. The van der Waals surface area contributed by atoms with Gasteiger partial charge in [0.25, 0.3) is 5.91 Å². The van der Waals surface area contributed by atoms with Crippen LogP contribution in [0.15, 0.2) is 48.7 Å². The highest BCUT2D eigenvalue weighted by Gasteiger charge is 2.43. The Labute approximate surface area is 170 Å². The van der Waals surface area contributed by atoms with Crippen LogP contribution in [-0.2, 0) is 6.42 Å². The molecule has 1 fully saturated rings. The zero-order valence-electron chi connectivity index (χ0n) is 16.0. The molecule has 0 aliphatic carbocycles. The predicted molar refractivity (Wildman–Crippen MR) is 108 cm³/mol. The fourth-order valence-electron chi connectivity index (χ4n) is 3.56. The lowest BCUT2D eigenvalue weighted by atomic mass is 9.88. The van der Waals surface area contributed by atoms with Crippen LogP contribution in [0.2, 0.25) is 5.02 Å². The molecule has 1 aliphatic rings. The number of nitrogens with zero attached hydrogens (tertiary/aromatic N) is 3. The van der Waals surface area contributed by atoms with Crippen LogP contribution in [-0.4, -0.2) is 75.8 Å². The number of carbonyl (C=O) groups excluding carboxylic acids is 1. The number of likely N-dealkylation sites (N-methyl/N-ethyl adjacent to an activating group) is 1. The minimum absolute atomic E-state index is 0.0869. The first-order valence-corrected chi connectivity index (χ1v) is 9.79. The van der Waals surface area contributed by atoms with E-state index in [1.165, 1.54) is 0 Å². The molecule has 0 saturated carbocycles. The van der Waals surface area contributed by atoms with Crippen molar-refractivity contribution in [1.29, 1.82) is 0 Å². The molecule has 1 amide bonds. The normalized spacial score (nSPS) is 22.5. The Hall–Kier alpha value is -1.99. The zero-order chi connectivity index (χ0) is 20.1. The lowest BCUT2D eigenvalue weighted by molar-refractivity contribution is -0.124. The lowest BCUT2D eigenvalue weighted by Gasteiger charge is -2.44. The number of rotatable bonds is 6. The van der Waals surface area contributed by atoms with Crippen molar-refractivity contribution in [3.8, 4) is 0 Å². The van der Waals surface area contributed by atoms with Gasteiger partial charge in [-0.05, 0) is 49.9 Å². The second-order valence-corrected chi connectivity index (χ2v) is 7.89. The summed E-state index contributed by atoms with van der Waals surface area (Å²) in [5.74, 6) is -0.168. The van der Waals surface area contributed by atoms with E-state index in [1.54, 1.807) is 35.4 Å². The number of carbonyl (C=O) groups is 1. The lowest BCUT2D eigenvalue weighted by Crippen LogP contribution is -2.62. The van der Waals surface area contributed by atoms with Crippen LogP contribution in [0.25, 0.3) is 0 Å². The third kappa shape index (κ3) is 5.08. The van der Waals surface area contributed by atoms with Crippen molar-refractivity contribution < 1.29 is 15.0 Å². The minimum Gasteiger partial charge on any atom is -0.390 e. The first-order chi connectivity index (χ1) is 13.4. The maximum atomic E-state index is 12.8. The van der Waals surface area contributed by atoms with Gasteiger partial charge in [0, 0.05) is 48.5 Å². The summed E-state index contributed by atoms with van der Waals surface area (Å²) in [6, 6.07) is 12.5. The highest BCUT2D eigenvalue weighted by molar-refractivity contribution is 6.30. The SMILES string of the molecule is CN(CCc1ccccn1)C[C@@]1(O)CN(C(=O)c2ccc(Cl)cc2)CC[C@@H]1O. The van der Waals surface area contributed by atoms with Crippen molar-refractivity contribution in [2.24, 2.45) is 0 Å². The van der Waals surface area contributed by atoms with Gasteiger partial charge in [-0.3, -0.25) is 9.78 Å². The van der Waals surface area contributed by atoms with E-state index in [1.807, 2.05) is 30.1 Å². The molecule has 28 heavy (non-hydrogen) atoms. The van der Waals surface area contributed by atoms with Crippen LogP contribution in [0.1, 0.15) is 22.5 Å². The van der Waals surface area contributed by atoms with Gasteiger partial charge in [-0.1, -0.05) is 17.7 Å². The number of amides is 1. The van der Waals surface area contributed by atoms with Crippen molar-refractivity contribution in [3.63, 3.8) is 0 Å². The average Bonchev–Trinajstić information content (AvgIpc) is 2.69. The summed E-state index contributed by atoms with van der Waals surface area (Å²) in [5.41, 5.74) is 0.121. The molecule has 6 nitrogen and oxygen atoms in total. The van der Waals surface area contributed by atoms with E-state index in [0.29, 0.717) is 30.1 Å². The van der Waals surface area contributed by atoms with Crippen LogP contribution in [0, 0.1) is 0 Å². The third-order valence-corrected chi connectivity index (χ3v) is 5.41. The van der Waals surface area contributed by atoms with Crippen LogP contribution < -0.4 is 0 Å². The van der Waals surface area contributed by atoms with Gasteiger partial charge < -0.3 is 20.0 Å². The summed E-state index contributed by atoms with van der Waals surface area (Å²) >= 11 is 5.89. The molecular formula is C21H26ClN3O3. The zero-order valence-corrected chi connectivity index (χ0v) is 16.7. The van der Waals surface area contributed by atoms with Crippen LogP contribution in [0.5, 0.6) is 0 Å². The van der Waals surface area contributed by atoms with Gasteiger partial charge in [-0.2, -0.15) is 0 Å². The number of aliphatic hydroxyl groups is 2. The predicted octanol–water partition coefficient (Wildman–Crippen LogP) is 1.85. The molecule has 2 heterocycles. The van der Waals surface area contributed by atoms with E-state index < -0.39 is 11.7 Å². The first-order valence-electron chi connectivity index (χ1n) is 9.41. The number of β-amino-alcohol motifs (C(OH)–C–C–N with tert-alkyl or cyclic N) is 1. The number of hydrogen-bond acceptors (Lipinski definition) is 5. The Balaban J connectivity index is 1.61. The number of likely N-dealkylation sites (tertiary alicyclic amines) is 1. The van der Waals surface area contributed by atoms with Crippen molar-refractivity contribution >= 4 is 17.5 Å². The molecular weight excluding hydrogens is 378 g/mol. The highest BCUT2D eigenvalue weighted by Crippen LogP contribution is 2.25. The summed E-state index contributed by atoms with van der Waals surface area (Å²) in [5, 5.41) is 22.1. The van der Waals surface area contributed by atoms with Gasteiger partial charge in [0.05, 0.1) is 12.6 Å². The van der Waals surface area contributed by atoms with E-state index in [4.69, 9.17) is 11.6 Å². The third-order valence-electron chi connectivity index (χ3n) is 5.16. The molecule has 1 aliphatic heterocycles. The van der Waals surface area contributed by atoms with Crippen LogP contribution in [0.4, 0.5) is 0 Å². The number of pyridine rings is 1. The van der Waals surface area contributed by atoms with E-state index in [2.05, 4.69) is 4.98 Å². The number of aliphatic hydroxyl groups excluding tert-OH is 1. The van der Waals surface area contributed by atoms with Gasteiger partial charge in [0.15, 0.2) is 0 Å².